The molecular weight excluding hydrogens is 466 g/mol. The van der Waals surface area contributed by atoms with Crippen molar-refractivity contribution in [3.05, 3.63) is 51.9 Å². The highest BCUT2D eigenvalue weighted by Gasteiger charge is 2.31. The number of aromatic nitrogens is 2. The summed E-state index contributed by atoms with van der Waals surface area (Å²) in [6.07, 6.45) is 5.32. The van der Waals surface area contributed by atoms with Gasteiger partial charge in [0.15, 0.2) is 0 Å². The number of nitrogens with one attached hydrogen (secondary N) is 1. The average Bonchev–Trinajstić information content (AvgIpc) is 2.89. The molecule has 3 aliphatic rings. The van der Waals surface area contributed by atoms with Crippen molar-refractivity contribution in [2.24, 2.45) is 0 Å². The van der Waals surface area contributed by atoms with Gasteiger partial charge >= 0.3 is 0 Å². The smallest absolute Gasteiger partial charge is 0.272 e. The summed E-state index contributed by atoms with van der Waals surface area (Å²) in [5.41, 5.74) is 3.88. The van der Waals surface area contributed by atoms with Gasteiger partial charge in [-0.05, 0) is 55.9 Å². The number of hydrogen-bond acceptors (Lipinski definition) is 7. The van der Waals surface area contributed by atoms with Crippen LogP contribution in [0.3, 0.4) is 0 Å². The summed E-state index contributed by atoms with van der Waals surface area (Å²) in [6, 6.07) is 6.76. The minimum atomic E-state index is -0.00844. The summed E-state index contributed by atoms with van der Waals surface area (Å²) in [5, 5.41) is 4.49. The van der Waals surface area contributed by atoms with E-state index in [1.165, 1.54) is 17.5 Å². The number of fused-ring (bicyclic) bond motifs is 1. The molecule has 4 heterocycles. The van der Waals surface area contributed by atoms with Crippen molar-refractivity contribution in [3.8, 4) is 0 Å². The molecule has 1 N–H and O–H groups in total. The molecule has 1 aromatic carbocycles. The Balaban J connectivity index is 1.23. The van der Waals surface area contributed by atoms with E-state index < -0.39 is 0 Å². The number of carbonyl (C=O) groups excluding carboxylic acids is 1. The zero-order valence-corrected chi connectivity index (χ0v) is 21.3. The molecule has 1 amide bonds. The van der Waals surface area contributed by atoms with Crippen molar-refractivity contribution >= 4 is 23.3 Å². The van der Waals surface area contributed by atoms with E-state index in [1.807, 2.05) is 24.0 Å². The van der Waals surface area contributed by atoms with Gasteiger partial charge in [-0.1, -0.05) is 17.7 Å². The van der Waals surface area contributed by atoms with Crippen LogP contribution in [0.5, 0.6) is 0 Å². The van der Waals surface area contributed by atoms with E-state index in [4.69, 9.17) is 21.1 Å². The molecule has 35 heavy (non-hydrogen) atoms. The van der Waals surface area contributed by atoms with Gasteiger partial charge in [0.2, 0.25) is 0 Å². The molecule has 2 aromatic rings. The highest BCUT2D eigenvalue weighted by Crippen LogP contribution is 2.28. The van der Waals surface area contributed by atoms with E-state index in [-0.39, 0.29) is 12.0 Å². The SMILES string of the molecule is CO[C@@H]1COCC[C@@H]1NC1CCN(C(=O)c2ncnc(N3CCc4ccc(Cl)cc4C3)c2C)CC1. The molecule has 1 aromatic heterocycles. The summed E-state index contributed by atoms with van der Waals surface area (Å²) in [5.74, 6) is 0.821. The van der Waals surface area contributed by atoms with Crippen molar-refractivity contribution in [1.82, 2.24) is 20.2 Å². The summed E-state index contributed by atoms with van der Waals surface area (Å²) < 4.78 is 11.1. The predicted molar refractivity (Wildman–Crippen MR) is 135 cm³/mol. The maximum atomic E-state index is 13.4. The van der Waals surface area contributed by atoms with Crippen molar-refractivity contribution in [2.75, 3.05) is 44.9 Å². The van der Waals surface area contributed by atoms with Crippen LogP contribution in [0.25, 0.3) is 0 Å². The van der Waals surface area contributed by atoms with Crippen LogP contribution in [0.2, 0.25) is 5.02 Å². The zero-order chi connectivity index (χ0) is 24.4. The number of likely N-dealkylation sites (tertiary alicyclic amines) is 1. The molecule has 0 radical (unpaired) electrons. The van der Waals surface area contributed by atoms with Gasteiger partial charge in [0, 0.05) is 62.6 Å². The fourth-order valence-electron chi connectivity index (χ4n) is 5.52. The lowest BCUT2D eigenvalue weighted by Crippen LogP contribution is -2.54. The molecule has 188 valence electrons. The van der Waals surface area contributed by atoms with Crippen molar-refractivity contribution in [3.63, 3.8) is 0 Å². The second-order valence-electron chi connectivity index (χ2n) is 9.73. The van der Waals surface area contributed by atoms with Gasteiger partial charge < -0.3 is 24.6 Å². The second kappa shape index (κ2) is 10.8. The Morgan fingerprint density at radius 2 is 2.00 bits per heavy atom. The van der Waals surface area contributed by atoms with E-state index in [0.29, 0.717) is 37.5 Å². The molecule has 3 aliphatic heterocycles. The van der Waals surface area contributed by atoms with Crippen LogP contribution in [0.1, 0.15) is 46.4 Å². The Kier molecular flexibility index (Phi) is 7.53. The van der Waals surface area contributed by atoms with Crippen LogP contribution in [0.4, 0.5) is 5.82 Å². The third-order valence-electron chi connectivity index (χ3n) is 7.58. The Morgan fingerprint density at radius 3 is 2.80 bits per heavy atom. The highest BCUT2D eigenvalue weighted by atomic mass is 35.5. The third kappa shape index (κ3) is 5.31. The fraction of sp³-hybridized carbons (Fsp3) is 0.577. The molecule has 0 unspecified atom stereocenters. The lowest BCUT2D eigenvalue weighted by molar-refractivity contribution is -0.0533. The average molecular weight is 500 g/mol. The Hall–Kier alpha value is -2.26. The first-order valence-corrected chi connectivity index (χ1v) is 12.9. The van der Waals surface area contributed by atoms with Crippen LogP contribution >= 0.6 is 11.6 Å². The lowest BCUT2D eigenvalue weighted by atomic mass is 9.99. The van der Waals surface area contributed by atoms with Crippen LogP contribution in [-0.4, -0.2) is 78.9 Å². The minimum absolute atomic E-state index is 0.00844. The predicted octanol–water partition coefficient (Wildman–Crippen LogP) is 3.00. The van der Waals surface area contributed by atoms with E-state index >= 15 is 0 Å². The molecule has 0 saturated carbocycles. The Labute approximate surface area is 212 Å². The first-order valence-electron chi connectivity index (χ1n) is 12.5. The topological polar surface area (TPSA) is 79.8 Å². The molecule has 9 heteroatoms. The molecular formula is C26H34ClN5O3. The van der Waals surface area contributed by atoms with Gasteiger partial charge in [0.1, 0.15) is 17.8 Å². The number of nitrogens with zero attached hydrogens (tertiary/aromatic N) is 4. The monoisotopic (exact) mass is 499 g/mol. The van der Waals surface area contributed by atoms with Gasteiger partial charge in [-0.25, -0.2) is 9.97 Å². The van der Waals surface area contributed by atoms with Gasteiger partial charge in [0.25, 0.3) is 5.91 Å². The third-order valence-corrected chi connectivity index (χ3v) is 7.81. The first-order chi connectivity index (χ1) is 17.0. The number of benzene rings is 1. The highest BCUT2D eigenvalue weighted by molar-refractivity contribution is 6.30. The summed E-state index contributed by atoms with van der Waals surface area (Å²) in [7, 11) is 1.74. The molecule has 0 aliphatic carbocycles. The number of anilines is 1. The Morgan fingerprint density at radius 1 is 1.17 bits per heavy atom. The number of hydrogen-bond donors (Lipinski definition) is 1. The van der Waals surface area contributed by atoms with Gasteiger partial charge in [-0.3, -0.25) is 4.79 Å². The largest absolute Gasteiger partial charge is 0.379 e. The summed E-state index contributed by atoms with van der Waals surface area (Å²) in [6.45, 7) is 6.37. The van der Waals surface area contributed by atoms with Crippen LogP contribution in [-0.2, 0) is 22.4 Å². The minimum Gasteiger partial charge on any atom is -0.379 e. The Bertz CT molecular complexity index is 1060. The molecule has 2 saturated heterocycles. The molecule has 8 nitrogen and oxygen atoms in total. The van der Waals surface area contributed by atoms with Crippen LogP contribution < -0.4 is 10.2 Å². The maximum absolute atomic E-state index is 13.4. The van der Waals surface area contributed by atoms with E-state index in [2.05, 4.69) is 26.3 Å². The van der Waals surface area contributed by atoms with Crippen molar-refractivity contribution < 1.29 is 14.3 Å². The molecule has 0 bridgehead atoms. The summed E-state index contributed by atoms with van der Waals surface area (Å²) >= 11 is 6.22. The normalized spacial score (nSPS) is 23.3. The zero-order valence-electron chi connectivity index (χ0n) is 20.5. The number of halogens is 1. The van der Waals surface area contributed by atoms with E-state index in [9.17, 15) is 4.79 Å². The molecule has 0 spiro atoms. The van der Waals surface area contributed by atoms with E-state index in [0.717, 1.165) is 61.8 Å². The van der Waals surface area contributed by atoms with Gasteiger partial charge in [-0.15, -0.1) is 0 Å². The number of ether oxygens (including phenoxy) is 2. The number of piperidine rings is 1. The maximum Gasteiger partial charge on any atom is 0.272 e. The number of amides is 1. The molecule has 2 fully saturated rings. The van der Waals surface area contributed by atoms with Gasteiger partial charge in [-0.2, -0.15) is 0 Å². The lowest BCUT2D eigenvalue weighted by Gasteiger charge is -2.38. The summed E-state index contributed by atoms with van der Waals surface area (Å²) in [4.78, 5) is 26.6. The quantitative estimate of drug-likeness (QED) is 0.677. The van der Waals surface area contributed by atoms with E-state index in [1.54, 1.807) is 7.11 Å². The standard InChI is InChI=1S/C26H34ClN5O3/c1-17-24(28-16-29-25(17)32-9-5-18-3-4-20(27)13-19(18)14-32)26(33)31-10-6-21(7-11-31)30-22-8-12-35-15-23(22)34-2/h3-4,13,16,21-23,30H,5-12,14-15H2,1-2H3/t22-,23+/m0/s1. The molecule has 5 rings (SSSR count). The van der Waals surface area contributed by atoms with Gasteiger partial charge in [0.05, 0.1) is 12.7 Å². The number of carbonyl (C=O) groups is 1. The fourth-order valence-corrected chi connectivity index (χ4v) is 5.71. The number of rotatable bonds is 5. The molecule has 2 atom stereocenters. The van der Waals surface area contributed by atoms with Crippen LogP contribution in [0, 0.1) is 6.92 Å². The number of methoxy groups -OCH3 is 1. The first kappa shape index (κ1) is 24.4. The van der Waals surface area contributed by atoms with Crippen molar-refractivity contribution in [2.45, 2.75) is 57.3 Å². The van der Waals surface area contributed by atoms with Crippen LogP contribution in [0.15, 0.2) is 24.5 Å². The second-order valence-corrected chi connectivity index (χ2v) is 10.2. The van der Waals surface area contributed by atoms with Crippen molar-refractivity contribution in [1.29, 1.82) is 0 Å².